The summed E-state index contributed by atoms with van der Waals surface area (Å²) in [5, 5.41) is 11.2. The number of carbonyl (C=O) groups excluding carboxylic acids is 6. The van der Waals surface area contributed by atoms with Crippen LogP contribution in [-0.2, 0) is 28.7 Å². The average molecular weight is 687 g/mol. The second kappa shape index (κ2) is 16.5. The molecule has 1 saturated carbocycles. The molecule has 3 aliphatic heterocycles. The van der Waals surface area contributed by atoms with Crippen LogP contribution in [0.5, 0.6) is 0 Å². The summed E-state index contributed by atoms with van der Waals surface area (Å²) < 4.78 is 5.93. The number of piperidine rings is 2. The Labute approximate surface area is 291 Å². The number of likely N-dealkylation sites (tertiary alicyclic amines) is 1. The van der Waals surface area contributed by atoms with Crippen LogP contribution in [0.4, 0.5) is 4.79 Å². The van der Waals surface area contributed by atoms with Crippen molar-refractivity contribution in [1.29, 1.82) is 0 Å². The fourth-order valence-corrected chi connectivity index (χ4v) is 7.10. The summed E-state index contributed by atoms with van der Waals surface area (Å²) in [7, 11) is 0. The molecule has 0 bridgehead atoms. The number of nitrogens with zero attached hydrogens (tertiary/aromatic N) is 2. The highest BCUT2D eigenvalue weighted by Crippen LogP contribution is 2.49. The molecule has 0 aromatic rings. The summed E-state index contributed by atoms with van der Waals surface area (Å²) in [5.41, 5.74) is -0.441. The molecule has 1 aliphatic carbocycles. The molecule has 4 rings (SSSR count). The molecule has 3 saturated heterocycles. The van der Waals surface area contributed by atoms with Crippen molar-refractivity contribution in [2.45, 2.75) is 117 Å². The molecule has 274 valence electrons. The van der Waals surface area contributed by atoms with E-state index in [0.717, 1.165) is 38.5 Å². The van der Waals surface area contributed by atoms with E-state index in [-0.39, 0.29) is 41.7 Å². The molecule has 6 amide bonds. The van der Waals surface area contributed by atoms with Gasteiger partial charge in [0.15, 0.2) is 0 Å². The number of ketones is 1. The van der Waals surface area contributed by atoms with Crippen molar-refractivity contribution < 1.29 is 33.5 Å². The Morgan fingerprint density at radius 3 is 2.51 bits per heavy atom. The molecule has 0 unspecified atom stereocenters. The Bertz CT molecular complexity index is 1260. The van der Waals surface area contributed by atoms with Gasteiger partial charge in [0.2, 0.25) is 23.5 Å². The molecule has 4 N–H and O–H groups in total. The van der Waals surface area contributed by atoms with E-state index in [1.807, 2.05) is 25.7 Å². The molecule has 6 atom stereocenters. The third-order valence-corrected chi connectivity index (χ3v) is 10.4. The van der Waals surface area contributed by atoms with E-state index < -0.39 is 53.7 Å². The second-order valence-electron chi connectivity index (χ2n) is 16.2. The Morgan fingerprint density at radius 1 is 1.10 bits per heavy atom. The summed E-state index contributed by atoms with van der Waals surface area (Å²) in [6.07, 6.45) is 7.91. The lowest BCUT2D eigenvalue weighted by atomic mass is 9.81. The van der Waals surface area contributed by atoms with Crippen LogP contribution in [0.2, 0.25) is 0 Å². The van der Waals surface area contributed by atoms with Crippen molar-refractivity contribution in [3.05, 3.63) is 12.7 Å². The van der Waals surface area contributed by atoms with Crippen molar-refractivity contribution in [2.24, 2.45) is 22.7 Å². The number of amides is 6. The van der Waals surface area contributed by atoms with Crippen LogP contribution in [0.15, 0.2) is 12.7 Å². The van der Waals surface area contributed by atoms with Crippen LogP contribution < -0.4 is 21.3 Å². The van der Waals surface area contributed by atoms with Crippen LogP contribution in [-0.4, -0.2) is 109 Å². The Hall–Kier alpha value is -3.48. The van der Waals surface area contributed by atoms with Gasteiger partial charge in [0.1, 0.15) is 12.1 Å². The van der Waals surface area contributed by atoms with E-state index in [0.29, 0.717) is 45.5 Å². The molecule has 0 aromatic carbocycles. The highest BCUT2D eigenvalue weighted by molar-refractivity contribution is 6.38. The van der Waals surface area contributed by atoms with Crippen molar-refractivity contribution in [3.8, 4) is 0 Å². The van der Waals surface area contributed by atoms with Crippen molar-refractivity contribution in [3.63, 3.8) is 0 Å². The SMILES string of the molecule is C=CCNC(=O)C(=O)[C@@H]1CCCCCCCOC[C@H](NC(=O)N[C@H](CN2CCC(C)(C)CC2=O)C(C)(C)C)C(=O)N2C[C@@H]3C[C@@H]3[C@H]2C(=O)N1. The van der Waals surface area contributed by atoms with Gasteiger partial charge in [-0.3, -0.25) is 24.0 Å². The van der Waals surface area contributed by atoms with E-state index in [9.17, 15) is 28.8 Å². The molecular weight excluding hydrogens is 628 g/mol. The minimum atomic E-state index is -1.05. The first kappa shape index (κ1) is 38.3. The summed E-state index contributed by atoms with van der Waals surface area (Å²) in [4.78, 5) is 83.4. The number of fused-ring (bicyclic) bond motifs is 3. The van der Waals surface area contributed by atoms with Crippen molar-refractivity contribution in [2.75, 3.05) is 39.4 Å². The molecule has 4 fully saturated rings. The molecule has 0 spiro atoms. The van der Waals surface area contributed by atoms with E-state index in [4.69, 9.17) is 4.74 Å². The molecule has 13 nitrogen and oxygen atoms in total. The third kappa shape index (κ3) is 10.5. The number of urea groups is 1. The normalized spacial score (nSPS) is 28.8. The van der Waals surface area contributed by atoms with Crippen LogP contribution in [0.1, 0.15) is 92.4 Å². The van der Waals surface area contributed by atoms with Gasteiger partial charge in [-0.2, -0.15) is 0 Å². The van der Waals surface area contributed by atoms with Crippen LogP contribution >= 0.6 is 0 Å². The molecule has 0 aromatic heterocycles. The largest absolute Gasteiger partial charge is 0.379 e. The number of rotatable bonds is 8. The standard InChI is InChI=1S/C36H58N6O7/c1-7-15-37-32(46)30(44)25-13-11-9-8-10-12-17-49-22-26(33(47)42-20-23-18-24(23)29(42)31(45)38-25)39-34(48)40-27(35(2,3)4)21-41-16-14-36(5,6)19-28(41)43/h7,23-27,29H,1,8-22H2,2-6H3,(H,37,46)(H,38,45)(H2,39,40,48)/t23-,24-,25-,26-,27+,29-/m0/s1. The van der Waals surface area contributed by atoms with Crippen LogP contribution in [0.3, 0.4) is 0 Å². The first-order chi connectivity index (χ1) is 23.1. The van der Waals surface area contributed by atoms with Gasteiger partial charge >= 0.3 is 6.03 Å². The van der Waals surface area contributed by atoms with Gasteiger partial charge in [-0.05, 0) is 48.3 Å². The minimum Gasteiger partial charge on any atom is -0.379 e. The Kier molecular flexibility index (Phi) is 12.9. The van der Waals surface area contributed by atoms with E-state index in [2.05, 4.69) is 41.7 Å². The van der Waals surface area contributed by atoms with Crippen molar-refractivity contribution in [1.82, 2.24) is 31.1 Å². The fraction of sp³-hybridized carbons (Fsp3) is 0.778. The lowest BCUT2D eigenvalue weighted by molar-refractivity contribution is -0.144. The number of nitrogens with one attached hydrogen (secondary N) is 4. The highest BCUT2D eigenvalue weighted by atomic mass is 16.5. The van der Waals surface area contributed by atoms with Gasteiger partial charge < -0.3 is 35.8 Å². The molecular formula is C36H58N6O7. The fourth-order valence-electron chi connectivity index (χ4n) is 7.10. The van der Waals surface area contributed by atoms with Gasteiger partial charge in [0, 0.05) is 39.2 Å². The Balaban J connectivity index is 1.49. The Morgan fingerprint density at radius 2 is 1.82 bits per heavy atom. The summed E-state index contributed by atoms with van der Waals surface area (Å²) in [6, 6.07) is -3.82. The molecule has 4 aliphatic rings. The van der Waals surface area contributed by atoms with Gasteiger partial charge in [0.25, 0.3) is 5.91 Å². The maximum absolute atomic E-state index is 14.1. The van der Waals surface area contributed by atoms with Gasteiger partial charge in [0.05, 0.1) is 18.7 Å². The van der Waals surface area contributed by atoms with E-state index >= 15 is 0 Å². The summed E-state index contributed by atoms with van der Waals surface area (Å²) >= 11 is 0. The predicted molar refractivity (Wildman–Crippen MR) is 184 cm³/mol. The van der Waals surface area contributed by atoms with Gasteiger partial charge in [-0.1, -0.05) is 66.4 Å². The quantitative estimate of drug-likeness (QED) is 0.225. The predicted octanol–water partition coefficient (Wildman–Crippen LogP) is 2.29. The molecule has 3 heterocycles. The number of hydrogen-bond acceptors (Lipinski definition) is 7. The lowest BCUT2D eigenvalue weighted by Crippen LogP contribution is -2.61. The molecule has 13 heteroatoms. The first-order valence-electron chi connectivity index (χ1n) is 18.1. The number of ether oxygens (including phenoxy) is 1. The minimum absolute atomic E-state index is 0.0540. The average Bonchev–Trinajstić information content (AvgIpc) is 3.68. The zero-order valence-corrected chi connectivity index (χ0v) is 30.1. The third-order valence-electron chi connectivity index (χ3n) is 10.4. The topological polar surface area (TPSA) is 166 Å². The summed E-state index contributed by atoms with van der Waals surface area (Å²) in [5.74, 6) is -2.23. The van der Waals surface area contributed by atoms with Crippen LogP contribution in [0, 0.1) is 22.7 Å². The maximum Gasteiger partial charge on any atom is 0.315 e. The number of Topliss-reactive ketones (excluding diaryl/α,β-unsaturated/α-hetero) is 1. The smallest absolute Gasteiger partial charge is 0.315 e. The lowest BCUT2D eigenvalue weighted by Gasteiger charge is -2.41. The van der Waals surface area contributed by atoms with Crippen LogP contribution in [0.25, 0.3) is 0 Å². The molecule has 0 radical (unpaired) electrons. The van der Waals surface area contributed by atoms with Gasteiger partial charge in [-0.15, -0.1) is 6.58 Å². The van der Waals surface area contributed by atoms with E-state index in [1.54, 1.807) is 0 Å². The second-order valence-corrected chi connectivity index (χ2v) is 16.2. The van der Waals surface area contributed by atoms with E-state index in [1.165, 1.54) is 11.0 Å². The zero-order valence-electron chi connectivity index (χ0n) is 30.1. The number of hydrogen-bond donors (Lipinski definition) is 4. The van der Waals surface area contributed by atoms with Gasteiger partial charge in [-0.25, -0.2) is 4.79 Å². The first-order valence-corrected chi connectivity index (χ1v) is 18.1. The molecule has 49 heavy (non-hydrogen) atoms. The summed E-state index contributed by atoms with van der Waals surface area (Å²) in [6.45, 7) is 15.5. The number of carbonyl (C=O) groups is 6. The highest BCUT2D eigenvalue weighted by Gasteiger charge is 2.58. The zero-order chi connectivity index (χ0) is 35.9. The monoisotopic (exact) mass is 686 g/mol. The van der Waals surface area contributed by atoms with Crippen molar-refractivity contribution >= 4 is 35.4 Å². The maximum atomic E-state index is 14.1.